The Morgan fingerprint density at radius 1 is 0.634 bits per heavy atom. The van der Waals surface area contributed by atoms with Crippen LogP contribution in [0.15, 0.2) is 34.1 Å². The Kier molecular flexibility index (Phi) is 11.1. The number of thioether (sulfide) groups is 2. The van der Waals surface area contributed by atoms with E-state index in [4.69, 9.17) is 4.74 Å². The Morgan fingerprint density at radius 2 is 0.976 bits per heavy atom. The Morgan fingerprint density at radius 3 is 1.29 bits per heavy atom. The summed E-state index contributed by atoms with van der Waals surface area (Å²) < 4.78 is 6.17. The van der Waals surface area contributed by atoms with Crippen LogP contribution in [0, 0.1) is 0 Å². The summed E-state index contributed by atoms with van der Waals surface area (Å²) in [5, 5.41) is 30.3. The van der Waals surface area contributed by atoms with E-state index in [2.05, 4.69) is 121 Å². The van der Waals surface area contributed by atoms with Crippen LogP contribution in [0.5, 0.6) is 11.5 Å². The number of aliphatic hydroxyl groups excluding tert-OH is 2. The van der Waals surface area contributed by atoms with Crippen molar-refractivity contribution in [2.24, 2.45) is 0 Å². The lowest BCUT2D eigenvalue weighted by atomic mass is 9.79. The van der Waals surface area contributed by atoms with E-state index in [0.29, 0.717) is 18.8 Å². The second kappa shape index (κ2) is 12.7. The van der Waals surface area contributed by atoms with Crippen molar-refractivity contribution < 1.29 is 20.1 Å². The molecule has 0 amide bonds. The molecule has 0 heterocycles. The number of ether oxygens (including phenoxy) is 1. The van der Waals surface area contributed by atoms with Gasteiger partial charge in [-0.3, -0.25) is 0 Å². The fourth-order valence-corrected chi connectivity index (χ4v) is 7.30. The molecule has 2 aromatic rings. The zero-order valence-corrected chi connectivity index (χ0v) is 29.7. The molecule has 4 nitrogen and oxygen atoms in total. The number of aliphatic hydroxyl groups is 2. The van der Waals surface area contributed by atoms with Crippen LogP contribution < -0.4 is 4.74 Å². The molecule has 41 heavy (non-hydrogen) atoms. The molecule has 0 spiro atoms. The first-order valence-electron chi connectivity index (χ1n) is 14.7. The highest BCUT2D eigenvalue weighted by Crippen LogP contribution is 2.51. The van der Waals surface area contributed by atoms with Gasteiger partial charge in [0.25, 0.3) is 0 Å². The lowest BCUT2D eigenvalue weighted by molar-refractivity contribution is 0.0749. The monoisotopic (exact) mass is 604 g/mol. The molecule has 232 valence electrons. The predicted molar refractivity (Wildman–Crippen MR) is 178 cm³/mol. The molecule has 1 atom stereocenters. The summed E-state index contributed by atoms with van der Waals surface area (Å²) in [4.78, 5) is 2.34. The van der Waals surface area contributed by atoms with Crippen LogP contribution in [0.3, 0.4) is 0 Å². The molecule has 0 aliphatic carbocycles. The first kappa shape index (κ1) is 35.9. The molecular weight excluding hydrogens is 549 g/mol. The Labute approximate surface area is 259 Å². The smallest absolute Gasteiger partial charge is 0.126 e. The van der Waals surface area contributed by atoms with Crippen LogP contribution in [0.2, 0.25) is 0 Å². The summed E-state index contributed by atoms with van der Waals surface area (Å²) in [7, 11) is 0. The van der Waals surface area contributed by atoms with E-state index in [0.717, 1.165) is 32.9 Å². The van der Waals surface area contributed by atoms with E-state index in [1.165, 1.54) is 4.90 Å². The van der Waals surface area contributed by atoms with E-state index in [-0.39, 0.29) is 32.3 Å². The van der Waals surface area contributed by atoms with Crippen molar-refractivity contribution >= 4 is 23.5 Å². The molecule has 0 radical (unpaired) electrons. The minimum Gasteiger partial charge on any atom is -0.507 e. The van der Waals surface area contributed by atoms with Gasteiger partial charge in [-0.05, 0) is 59.8 Å². The van der Waals surface area contributed by atoms with Crippen molar-refractivity contribution in [1.29, 1.82) is 0 Å². The summed E-state index contributed by atoms with van der Waals surface area (Å²) in [5.74, 6) is 1.29. The van der Waals surface area contributed by atoms with E-state index in [1.54, 1.807) is 0 Å². The molecule has 0 saturated carbocycles. The molecule has 0 aromatic heterocycles. The molecule has 2 aromatic carbocycles. The standard InChI is InChI=1S/C35H56O4S2/c1-31(2,3)25-17-23(18-26(29(25)38)32(4,5)6)40-35(13,14)41-24-19-27(33(7,8)9)30(28(20-24)34(10,11)12)39-16-15-22(37)21-36/h17-20,22,36-38H,15-16,21H2,1-14H3/t22-/m1/s1. The maximum absolute atomic E-state index is 11.2. The van der Waals surface area contributed by atoms with E-state index in [9.17, 15) is 15.3 Å². The van der Waals surface area contributed by atoms with Crippen molar-refractivity contribution in [1.82, 2.24) is 0 Å². The average molecular weight is 605 g/mol. The van der Waals surface area contributed by atoms with Gasteiger partial charge in [-0.1, -0.05) is 83.1 Å². The van der Waals surface area contributed by atoms with Gasteiger partial charge in [0.05, 0.1) is 23.4 Å². The van der Waals surface area contributed by atoms with Crippen LogP contribution in [0.25, 0.3) is 0 Å². The zero-order valence-electron chi connectivity index (χ0n) is 28.1. The fraction of sp³-hybridized carbons (Fsp3) is 0.657. The molecule has 0 aliphatic heterocycles. The lowest BCUT2D eigenvalue weighted by Crippen LogP contribution is -2.22. The summed E-state index contributed by atoms with van der Waals surface area (Å²) >= 11 is 3.67. The highest BCUT2D eigenvalue weighted by molar-refractivity contribution is 8.18. The van der Waals surface area contributed by atoms with Crippen LogP contribution in [0.1, 0.15) is 126 Å². The summed E-state index contributed by atoms with van der Waals surface area (Å²) in [6.45, 7) is 30.7. The molecule has 6 heteroatoms. The van der Waals surface area contributed by atoms with Gasteiger partial charge >= 0.3 is 0 Å². The van der Waals surface area contributed by atoms with Crippen molar-refractivity contribution in [3.63, 3.8) is 0 Å². The van der Waals surface area contributed by atoms with Gasteiger partial charge in [-0.2, -0.15) is 0 Å². The molecule has 3 N–H and O–H groups in total. The number of hydrogen-bond donors (Lipinski definition) is 3. The van der Waals surface area contributed by atoms with E-state index < -0.39 is 6.10 Å². The van der Waals surface area contributed by atoms with Gasteiger partial charge in [-0.25, -0.2) is 0 Å². The average Bonchev–Trinajstić information content (AvgIpc) is 2.77. The minimum absolute atomic E-state index is 0.154. The van der Waals surface area contributed by atoms with Gasteiger partial charge in [0.15, 0.2) is 0 Å². The molecule has 2 rings (SSSR count). The van der Waals surface area contributed by atoms with Crippen LogP contribution in [-0.2, 0) is 21.7 Å². The quantitative estimate of drug-likeness (QED) is 0.196. The van der Waals surface area contributed by atoms with Gasteiger partial charge in [0.1, 0.15) is 11.5 Å². The van der Waals surface area contributed by atoms with Crippen molar-refractivity contribution in [3.05, 3.63) is 46.5 Å². The van der Waals surface area contributed by atoms with Crippen LogP contribution >= 0.6 is 23.5 Å². The first-order valence-corrected chi connectivity index (χ1v) is 16.4. The first-order chi connectivity index (χ1) is 18.4. The summed E-state index contributed by atoms with van der Waals surface area (Å²) in [6, 6.07) is 8.85. The second-order valence-electron chi connectivity index (χ2n) is 15.8. The number of benzene rings is 2. The van der Waals surface area contributed by atoms with Gasteiger partial charge in [-0.15, -0.1) is 23.5 Å². The highest BCUT2D eigenvalue weighted by atomic mass is 32.2. The molecule has 0 bridgehead atoms. The second-order valence-corrected chi connectivity index (χ2v) is 19.4. The van der Waals surface area contributed by atoms with Gasteiger partial charge in [0.2, 0.25) is 0 Å². The molecule has 0 saturated heterocycles. The van der Waals surface area contributed by atoms with Crippen molar-refractivity contribution in [2.75, 3.05) is 13.2 Å². The van der Waals surface area contributed by atoms with E-state index >= 15 is 0 Å². The van der Waals surface area contributed by atoms with Gasteiger partial charge < -0.3 is 20.1 Å². The molecule has 0 fully saturated rings. The largest absolute Gasteiger partial charge is 0.507 e. The van der Waals surface area contributed by atoms with Gasteiger partial charge in [0, 0.05) is 38.5 Å². The maximum atomic E-state index is 11.2. The Bertz CT molecular complexity index is 1120. The van der Waals surface area contributed by atoms with Crippen molar-refractivity contribution in [3.8, 4) is 11.5 Å². The minimum atomic E-state index is -0.781. The van der Waals surface area contributed by atoms with Crippen LogP contribution in [-0.4, -0.2) is 38.7 Å². The van der Waals surface area contributed by atoms with E-state index in [1.807, 2.05) is 23.5 Å². The Balaban J connectivity index is 2.57. The number of phenolic OH excluding ortho intramolecular Hbond substituents is 1. The summed E-state index contributed by atoms with van der Waals surface area (Å²) in [6.07, 6.45) is -0.403. The number of phenols is 1. The van der Waals surface area contributed by atoms with Crippen molar-refractivity contribution in [2.45, 2.75) is 145 Å². The fourth-order valence-electron chi connectivity index (χ4n) is 4.72. The SMILES string of the molecule is CC(C)(Sc1cc(C(C)(C)C)c(O)c(C(C)(C)C)c1)Sc1cc(C(C)(C)C)c(OCC[C@@H](O)CO)c(C(C)(C)C)c1. The summed E-state index contributed by atoms with van der Waals surface area (Å²) in [5.41, 5.74) is 3.58. The zero-order chi connectivity index (χ0) is 31.8. The lowest BCUT2D eigenvalue weighted by Gasteiger charge is -2.33. The number of rotatable bonds is 9. The third-order valence-corrected chi connectivity index (χ3v) is 9.44. The topological polar surface area (TPSA) is 69.9 Å². The molecule has 0 unspecified atom stereocenters. The normalized spacial score (nSPS) is 14.3. The number of hydrogen-bond acceptors (Lipinski definition) is 6. The predicted octanol–water partition coefficient (Wildman–Crippen LogP) is 9.32. The Hall–Kier alpha value is -1.34. The maximum Gasteiger partial charge on any atom is 0.126 e. The molecule has 0 aliphatic rings. The number of aromatic hydroxyl groups is 1. The third-order valence-electron chi connectivity index (χ3n) is 7.01. The molecular formula is C35H56O4S2. The third kappa shape index (κ3) is 9.84. The van der Waals surface area contributed by atoms with Crippen LogP contribution in [0.4, 0.5) is 0 Å². The highest BCUT2D eigenvalue weighted by Gasteiger charge is 2.32.